The maximum atomic E-state index is 11.2. The van der Waals surface area contributed by atoms with E-state index in [1.165, 1.54) is 31.3 Å². The van der Waals surface area contributed by atoms with Crippen LogP contribution in [0, 0.1) is 23.2 Å². The maximum absolute atomic E-state index is 11.2. The molecule has 0 saturated heterocycles. The Labute approximate surface area is 228 Å². The number of allylic oxidation sites excluding steroid dienone is 4. The normalized spacial score (nSPS) is 36.6. The van der Waals surface area contributed by atoms with E-state index in [1.807, 2.05) is 6.08 Å². The maximum Gasteiger partial charge on any atom is 0.203 e. The molecule has 0 spiro atoms. The van der Waals surface area contributed by atoms with Crippen molar-refractivity contribution in [2.24, 2.45) is 23.2 Å². The topological polar surface area (TPSA) is 86.7 Å². The fourth-order valence-electron chi connectivity index (χ4n) is 7.88. The third kappa shape index (κ3) is 5.14. The van der Waals surface area contributed by atoms with Crippen LogP contribution >= 0.6 is 0 Å². The molecule has 1 heterocycles. The molecule has 4 saturated carbocycles. The Bertz CT molecular complexity index is 1110. The van der Waals surface area contributed by atoms with Crippen LogP contribution < -0.4 is 0 Å². The second-order valence-corrected chi connectivity index (χ2v) is 12.9. The van der Waals surface area contributed by atoms with Crippen molar-refractivity contribution in [1.82, 2.24) is 4.98 Å². The number of aliphatic hydroxyl groups is 3. The van der Waals surface area contributed by atoms with Crippen LogP contribution in [0.15, 0.2) is 58.3 Å². The smallest absolute Gasteiger partial charge is 0.203 e. The highest BCUT2D eigenvalue weighted by Crippen LogP contribution is 2.60. The molecule has 1 aromatic heterocycles. The highest BCUT2D eigenvalue weighted by Gasteiger charge is 2.54. The zero-order chi connectivity index (χ0) is 27.1. The molecule has 5 nitrogen and oxygen atoms in total. The third-order valence-electron chi connectivity index (χ3n) is 10.4. The van der Waals surface area contributed by atoms with E-state index >= 15 is 0 Å². The lowest BCUT2D eigenvalue weighted by Crippen LogP contribution is -2.35. The Balaban J connectivity index is 1.27. The fraction of sp³-hybridized carbons (Fsp3) is 0.667. The van der Waals surface area contributed by atoms with Crippen LogP contribution in [0.3, 0.4) is 0 Å². The first-order valence-corrected chi connectivity index (χ1v) is 14.9. The molecule has 0 amide bonds. The van der Waals surface area contributed by atoms with E-state index in [2.05, 4.69) is 45.6 Å². The molecule has 3 N–H and O–H groups in total. The summed E-state index contributed by atoms with van der Waals surface area (Å²) in [6, 6.07) is 0. The number of aromatic nitrogens is 1. The minimum atomic E-state index is -0.643. The van der Waals surface area contributed by atoms with E-state index in [1.54, 1.807) is 6.26 Å². The summed E-state index contributed by atoms with van der Waals surface area (Å²) in [6.07, 6.45) is 19.4. The standard InChI is InChI=1S/C33H47NO4/c1-5-7-25-20-38-31(34-25)33(16-17-33)30(37)14-9-21(2)27-12-13-28-23(8-6-15-32(27,28)4)10-11-24-18-26(35)19-29(36)22(24)3/h9-11,14,20-21,26-30,35-37H,3,5-8,12-13,15-19H2,1-2,4H3/t21-,26+,27+,28-,29-,30-,32+/m0/s1. The third-order valence-corrected chi connectivity index (χ3v) is 10.4. The number of aliphatic hydroxyl groups excluding tert-OH is 3. The lowest BCUT2D eigenvalue weighted by molar-refractivity contribution is 0.0862. The average Bonchev–Trinajstić information content (AvgIpc) is 3.42. The zero-order valence-electron chi connectivity index (χ0n) is 23.5. The van der Waals surface area contributed by atoms with Crippen molar-refractivity contribution in [3.63, 3.8) is 0 Å². The van der Waals surface area contributed by atoms with Crippen LogP contribution in [-0.4, -0.2) is 38.6 Å². The monoisotopic (exact) mass is 521 g/mol. The lowest BCUT2D eigenvalue weighted by Gasteiger charge is -2.44. The van der Waals surface area contributed by atoms with Gasteiger partial charge in [0.15, 0.2) is 0 Å². The molecule has 5 rings (SSSR count). The Morgan fingerprint density at radius 1 is 1.18 bits per heavy atom. The summed E-state index contributed by atoms with van der Waals surface area (Å²) in [4.78, 5) is 4.69. The minimum Gasteiger partial charge on any atom is -0.448 e. The Morgan fingerprint density at radius 3 is 2.71 bits per heavy atom. The second-order valence-electron chi connectivity index (χ2n) is 12.9. The van der Waals surface area contributed by atoms with Gasteiger partial charge in [-0.2, -0.15) is 0 Å². The number of hydrogen-bond acceptors (Lipinski definition) is 5. The Morgan fingerprint density at radius 2 is 1.97 bits per heavy atom. The summed E-state index contributed by atoms with van der Waals surface area (Å²) in [7, 11) is 0. The molecule has 208 valence electrons. The van der Waals surface area contributed by atoms with E-state index in [0.717, 1.165) is 48.9 Å². The molecule has 0 bridgehead atoms. The van der Waals surface area contributed by atoms with E-state index in [0.29, 0.717) is 36.5 Å². The van der Waals surface area contributed by atoms with Gasteiger partial charge in [0.05, 0.1) is 29.4 Å². The van der Waals surface area contributed by atoms with Crippen molar-refractivity contribution in [3.8, 4) is 0 Å². The summed E-state index contributed by atoms with van der Waals surface area (Å²) in [5.74, 6) is 2.23. The summed E-state index contributed by atoms with van der Waals surface area (Å²) in [5.41, 5.74) is 4.14. The lowest BCUT2D eigenvalue weighted by atomic mass is 9.61. The number of nitrogens with zero attached hydrogens (tertiary/aromatic N) is 1. The van der Waals surface area contributed by atoms with Gasteiger partial charge in [0, 0.05) is 6.42 Å². The Hall–Kier alpha value is -1.95. The van der Waals surface area contributed by atoms with Crippen molar-refractivity contribution in [3.05, 3.63) is 65.5 Å². The molecule has 4 aliphatic carbocycles. The van der Waals surface area contributed by atoms with Gasteiger partial charge < -0.3 is 19.7 Å². The van der Waals surface area contributed by atoms with Crippen molar-refractivity contribution in [2.45, 2.75) is 115 Å². The average molecular weight is 522 g/mol. The summed E-state index contributed by atoms with van der Waals surface area (Å²) in [6.45, 7) is 11.0. The summed E-state index contributed by atoms with van der Waals surface area (Å²) < 4.78 is 5.81. The first-order chi connectivity index (χ1) is 18.2. The van der Waals surface area contributed by atoms with Gasteiger partial charge in [-0.25, -0.2) is 4.98 Å². The largest absolute Gasteiger partial charge is 0.448 e. The number of hydrogen-bond donors (Lipinski definition) is 3. The van der Waals surface area contributed by atoms with E-state index in [4.69, 9.17) is 9.40 Å². The number of oxazole rings is 1. The van der Waals surface area contributed by atoms with Gasteiger partial charge in [0.1, 0.15) is 6.26 Å². The van der Waals surface area contributed by atoms with Crippen molar-refractivity contribution < 1.29 is 19.7 Å². The molecule has 0 aliphatic heterocycles. The zero-order valence-corrected chi connectivity index (χ0v) is 23.5. The fourth-order valence-corrected chi connectivity index (χ4v) is 7.88. The highest BCUT2D eigenvalue weighted by atomic mass is 16.3. The molecular formula is C33H47NO4. The van der Waals surface area contributed by atoms with E-state index < -0.39 is 18.3 Å². The number of fused-ring (bicyclic) bond motifs is 1. The molecule has 5 heteroatoms. The van der Waals surface area contributed by atoms with Crippen LogP contribution in [0.25, 0.3) is 0 Å². The molecule has 7 atom stereocenters. The molecule has 4 aliphatic rings. The summed E-state index contributed by atoms with van der Waals surface area (Å²) >= 11 is 0. The van der Waals surface area contributed by atoms with Crippen LogP contribution in [0.5, 0.6) is 0 Å². The van der Waals surface area contributed by atoms with Crippen molar-refractivity contribution in [2.75, 3.05) is 0 Å². The first-order valence-electron chi connectivity index (χ1n) is 14.9. The first kappa shape index (κ1) is 27.6. The minimum absolute atomic E-state index is 0.245. The van der Waals surface area contributed by atoms with Gasteiger partial charge in [-0.15, -0.1) is 0 Å². The number of aryl methyl sites for hydroxylation is 1. The molecule has 0 unspecified atom stereocenters. The van der Waals surface area contributed by atoms with Crippen LogP contribution in [0.1, 0.15) is 96.6 Å². The van der Waals surface area contributed by atoms with Crippen LogP contribution in [-0.2, 0) is 11.8 Å². The van der Waals surface area contributed by atoms with E-state index in [9.17, 15) is 15.3 Å². The van der Waals surface area contributed by atoms with Gasteiger partial charge in [0.2, 0.25) is 5.89 Å². The van der Waals surface area contributed by atoms with Crippen molar-refractivity contribution in [1.29, 1.82) is 0 Å². The summed E-state index contributed by atoms with van der Waals surface area (Å²) in [5, 5.41) is 31.5. The van der Waals surface area contributed by atoms with Gasteiger partial charge >= 0.3 is 0 Å². The molecule has 38 heavy (non-hydrogen) atoms. The van der Waals surface area contributed by atoms with Gasteiger partial charge in [-0.1, -0.05) is 63.6 Å². The second kappa shape index (κ2) is 10.9. The molecule has 0 radical (unpaired) electrons. The molecule has 1 aromatic rings. The molecular weight excluding hydrogens is 474 g/mol. The van der Waals surface area contributed by atoms with Gasteiger partial charge in [0.25, 0.3) is 0 Å². The molecule has 0 aromatic carbocycles. The predicted molar refractivity (Wildman–Crippen MR) is 150 cm³/mol. The van der Waals surface area contributed by atoms with Crippen molar-refractivity contribution >= 4 is 0 Å². The number of rotatable bonds is 8. The van der Waals surface area contributed by atoms with Crippen LogP contribution in [0.2, 0.25) is 0 Å². The predicted octanol–water partition coefficient (Wildman–Crippen LogP) is 6.35. The highest BCUT2D eigenvalue weighted by molar-refractivity contribution is 5.38. The van der Waals surface area contributed by atoms with Gasteiger partial charge in [-0.05, 0) is 92.1 Å². The van der Waals surface area contributed by atoms with Crippen LogP contribution in [0.4, 0.5) is 0 Å². The quantitative estimate of drug-likeness (QED) is 0.347. The van der Waals surface area contributed by atoms with E-state index in [-0.39, 0.29) is 10.8 Å². The SMILES string of the molecule is C=C1C(=CC=C2CCC[C@]3(C)[C@@H]([C@@H](C)C=C[C@H](O)C4(c5nc(CCC)co5)CC4)CC[C@@H]23)C[C@@H](O)C[C@@H]1O. The Kier molecular flexibility index (Phi) is 7.92. The van der Waals surface area contributed by atoms with Gasteiger partial charge in [-0.3, -0.25) is 0 Å². The molecule has 4 fully saturated rings.